The number of imidazole rings is 1. The number of aliphatic carboxylic acids is 1. The van der Waals surface area contributed by atoms with Crippen molar-refractivity contribution in [3.05, 3.63) is 54.4 Å². The lowest BCUT2D eigenvalue weighted by atomic mass is 10.1. The molecule has 0 spiro atoms. The van der Waals surface area contributed by atoms with Crippen LogP contribution >= 0.6 is 0 Å². The lowest BCUT2D eigenvalue weighted by Gasteiger charge is -2.09. The molecule has 2 heterocycles. The Morgan fingerprint density at radius 3 is 2.67 bits per heavy atom. The molecule has 0 aliphatic rings. The van der Waals surface area contributed by atoms with Gasteiger partial charge in [-0.05, 0) is 36.4 Å². The van der Waals surface area contributed by atoms with Gasteiger partial charge in [0.25, 0.3) is 0 Å². The highest BCUT2D eigenvalue weighted by molar-refractivity contribution is 5.87. The van der Waals surface area contributed by atoms with Gasteiger partial charge in [-0.3, -0.25) is 4.40 Å². The number of carbonyl (C=O) groups is 1. The van der Waals surface area contributed by atoms with E-state index in [1.807, 2.05) is 40.9 Å². The van der Waals surface area contributed by atoms with Crippen LogP contribution < -0.4 is 9.47 Å². The minimum Gasteiger partial charge on any atom is -0.493 e. The molecule has 0 amide bonds. The van der Waals surface area contributed by atoms with Crippen LogP contribution in [-0.4, -0.2) is 34.7 Å². The average Bonchev–Trinajstić information content (AvgIpc) is 2.97. The fourth-order valence-corrected chi connectivity index (χ4v) is 2.52. The highest BCUT2D eigenvalue weighted by atomic mass is 16.5. The van der Waals surface area contributed by atoms with Crippen molar-refractivity contribution >= 4 is 17.7 Å². The minimum absolute atomic E-state index is 0.584. The molecule has 0 bridgehead atoms. The first-order valence-electron chi connectivity index (χ1n) is 7.24. The van der Waals surface area contributed by atoms with Crippen LogP contribution in [0.15, 0.2) is 48.7 Å². The third kappa shape index (κ3) is 2.81. The zero-order chi connectivity index (χ0) is 17.1. The van der Waals surface area contributed by atoms with Crippen molar-refractivity contribution in [1.82, 2.24) is 9.38 Å². The lowest BCUT2D eigenvalue weighted by molar-refractivity contribution is -0.131. The summed E-state index contributed by atoms with van der Waals surface area (Å²) < 4.78 is 12.4. The van der Waals surface area contributed by atoms with Gasteiger partial charge in [0.05, 0.1) is 25.6 Å². The maximum absolute atomic E-state index is 10.9. The van der Waals surface area contributed by atoms with E-state index in [0.717, 1.165) is 17.3 Å². The fourth-order valence-electron chi connectivity index (χ4n) is 2.52. The number of pyridine rings is 1. The van der Waals surface area contributed by atoms with Gasteiger partial charge in [-0.15, -0.1) is 0 Å². The number of hydrogen-bond donors (Lipinski definition) is 1. The Hall–Kier alpha value is -3.28. The quantitative estimate of drug-likeness (QED) is 0.730. The molecule has 6 nitrogen and oxygen atoms in total. The molecule has 2 aromatic heterocycles. The number of methoxy groups -OCH3 is 2. The Morgan fingerprint density at radius 2 is 1.96 bits per heavy atom. The molecule has 6 heteroatoms. The Balaban J connectivity index is 2.22. The second-order valence-corrected chi connectivity index (χ2v) is 5.02. The number of carboxylic acid groups (broad SMARTS) is 1. The Labute approximate surface area is 138 Å². The number of ether oxygens (including phenoxy) is 2. The summed E-state index contributed by atoms with van der Waals surface area (Å²) in [6.07, 6.45) is 4.48. The van der Waals surface area contributed by atoms with Gasteiger partial charge in [-0.2, -0.15) is 0 Å². The molecule has 0 saturated heterocycles. The van der Waals surface area contributed by atoms with Gasteiger partial charge in [0.2, 0.25) is 0 Å². The number of rotatable bonds is 5. The maximum Gasteiger partial charge on any atom is 0.328 e. The summed E-state index contributed by atoms with van der Waals surface area (Å²) in [7, 11) is 3.14. The average molecular weight is 324 g/mol. The van der Waals surface area contributed by atoms with Crippen LogP contribution in [-0.2, 0) is 4.79 Å². The molecule has 0 fully saturated rings. The molecule has 122 valence electrons. The standard InChI is InChI=1S/C18H16N2O4/c1-23-14-8-6-12(11-15(14)24-2)18-13(7-9-17(21)22)20-10-4-3-5-16(20)19-18/h3-11H,1-2H3,(H,21,22)/b9-7+. The predicted octanol–water partition coefficient (Wildman–Crippen LogP) is 3.12. The normalized spacial score (nSPS) is 11.1. The first-order valence-corrected chi connectivity index (χ1v) is 7.24. The van der Waals surface area contributed by atoms with E-state index in [1.54, 1.807) is 20.3 Å². The van der Waals surface area contributed by atoms with E-state index < -0.39 is 5.97 Å². The highest BCUT2D eigenvalue weighted by Gasteiger charge is 2.14. The van der Waals surface area contributed by atoms with Gasteiger partial charge in [0.15, 0.2) is 11.5 Å². The smallest absolute Gasteiger partial charge is 0.328 e. The first-order chi connectivity index (χ1) is 11.6. The molecule has 0 atom stereocenters. The number of fused-ring (bicyclic) bond motifs is 1. The summed E-state index contributed by atoms with van der Waals surface area (Å²) in [5.41, 5.74) is 2.88. The van der Waals surface area contributed by atoms with E-state index in [9.17, 15) is 4.79 Å². The second kappa shape index (κ2) is 6.45. The van der Waals surface area contributed by atoms with Crippen LogP contribution in [0.25, 0.3) is 23.0 Å². The van der Waals surface area contributed by atoms with E-state index >= 15 is 0 Å². The molecule has 0 saturated carbocycles. The molecule has 0 unspecified atom stereocenters. The third-order valence-electron chi connectivity index (χ3n) is 3.61. The van der Waals surface area contributed by atoms with Crippen molar-refractivity contribution in [2.24, 2.45) is 0 Å². The molecular weight excluding hydrogens is 308 g/mol. The van der Waals surface area contributed by atoms with E-state index in [0.29, 0.717) is 22.9 Å². The van der Waals surface area contributed by atoms with Crippen LogP contribution in [0.3, 0.4) is 0 Å². The second-order valence-electron chi connectivity index (χ2n) is 5.02. The highest BCUT2D eigenvalue weighted by Crippen LogP contribution is 2.34. The van der Waals surface area contributed by atoms with Crippen LogP contribution in [0.2, 0.25) is 0 Å². The van der Waals surface area contributed by atoms with Gasteiger partial charge >= 0.3 is 5.97 Å². The van der Waals surface area contributed by atoms with Gasteiger partial charge in [-0.25, -0.2) is 9.78 Å². The maximum atomic E-state index is 10.9. The van der Waals surface area contributed by atoms with Crippen molar-refractivity contribution in [1.29, 1.82) is 0 Å². The molecule has 1 aromatic carbocycles. The molecule has 0 radical (unpaired) electrons. The Morgan fingerprint density at radius 1 is 1.17 bits per heavy atom. The molecule has 0 aliphatic carbocycles. The number of aromatic nitrogens is 2. The molecule has 0 aliphatic heterocycles. The fraction of sp³-hybridized carbons (Fsp3) is 0.111. The van der Waals surface area contributed by atoms with Gasteiger partial charge in [-0.1, -0.05) is 6.07 Å². The Kier molecular flexibility index (Phi) is 4.20. The van der Waals surface area contributed by atoms with Gasteiger partial charge in [0.1, 0.15) is 5.65 Å². The number of hydrogen-bond acceptors (Lipinski definition) is 4. The topological polar surface area (TPSA) is 73.1 Å². The summed E-state index contributed by atoms with van der Waals surface area (Å²) in [5.74, 6) is 0.187. The molecule has 1 N–H and O–H groups in total. The summed E-state index contributed by atoms with van der Waals surface area (Å²) in [4.78, 5) is 15.5. The third-order valence-corrected chi connectivity index (χ3v) is 3.61. The first kappa shape index (κ1) is 15.6. The van der Waals surface area contributed by atoms with Crippen molar-refractivity contribution < 1.29 is 19.4 Å². The van der Waals surface area contributed by atoms with E-state index in [-0.39, 0.29) is 0 Å². The van der Waals surface area contributed by atoms with E-state index in [4.69, 9.17) is 14.6 Å². The largest absolute Gasteiger partial charge is 0.493 e. The minimum atomic E-state index is -1.01. The molecule has 24 heavy (non-hydrogen) atoms. The number of benzene rings is 1. The van der Waals surface area contributed by atoms with Crippen molar-refractivity contribution in [2.75, 3.05) is 14.2 Å². The van der Waals surface area contributed by atoms with Gasteiger partial charge in [0, 0.05) is 17.8 Å². The van der Waals surface area contributed by atoms with Crippen LogP contribution in [0.4, 0.5) is 0 Å². The molecule has 3 aromatic rings. The van der Waals surface area contributed by atoms with Crippen LogP contribution in [0.1, 0.15) is 5.69 Å². The van der Waals surface area contributed by atoms with Gasteiger partial charge < -0.3 is 14.6 Å². The predicted molar refractivity (Wildman–Crippen MR) is 90.4 cm³/mol. The van der Waals surface area contributed by atoms with E-state index in [2.05, 4.69) is 4.98 Å². The van der Waals surface area contributed by atoms with Crippen molar-refractivity contribution in [3.63, 3.8) is 0 Å². The lowest BCUT2D eigenvalue weighted by Crippen LogP contribution is -1.93. The van der Waals surface area contributed by atoms with Crippen LogP contribution in [0.5, 0.6) is 11.5 Å². The Bertz CT molecular complexity index is 928. The number of nitrogens with zero attached hydrogens (tertiary/aromatic N) is 2. The molecule has 3 rings (SSSR count). The summed E-state index contributed by atoms with van der Waals surface area (Å²) in [6.45, 7) is 0. The number of carboxylic acids is 1. The zero-order valence-corrected chi connectivity index (χ0v) is 13.3. The van der Waals surface area contributed by atoms with Crippen LogP contribution in [0, 0.1) is 0 Å². The monoisotopic (exact) mass is 324 g/mol. The summed E-state index contributed by atoms with van der Waals surface area (Å²) in [6, 6.07) is 11.1. The van der Waals surface area contributed by atoms with E-state index in [1.165, 1.54) is 6.08 Å². The SMILES string of the molecule is COc1ccc(-c2nc3ccccn3c2/C=C/C(=O)O)cc1OC. The molecular formula is C18H16N2O4. The zero-order valence-electron chi connectivity index (χ0n) is 13.3. The summed E-state index contributed by atoms with van der Waals surface area (Å²) in [5, 5.41) is 8.94. The summed E-state index contributed by atoms with van der Waals surface area (Å²) >= 11 is 0. The van der Waals surface area contributed by atoms with Crippen molar-refractivity contribution in [3.8, 4) is 22.8 Å². The van der Waals surface area contributed by atoms with Crippen molar-refractivity contribution in [2.45, 2.75) is 0 Å².